The molecule has 0 saturated heterocycles. The molecule has 1 heterocycles. The van der Waals surface area contributed by atoms with Crippen LogP contribution in [0.5, 0.6) is 0 Å². The van der Waals surface area contributed by atoms with Crippen molar-refractivity contribution in [1.29, 1.82) is 0 Å². The van der Waals surface area contributed by atoms with Gasteiger partial charge in [-0.2, -0.15) is 0 Å². The van der Waals surface area contributed by atoms with Gasteiger partial charge < -0.3 is 4.42 Å². The zero-order valence-electron chi connectivity index (χ0n) is 14.8. The zero-order valence-corrected chi connectivity index (χ0v) is 17.1. The molecule has 29 heavy (non-hydrogen) atoms. The summed E-state index contributed by atoms with van der Waals surface area (Å²) in [7, 11) is 0. The number of hydrogen-bond acceptors (Lipinski definition) is 2. The lowest BCUT2D eigenvalue weighted by molar-refractivity contribution is -0.117. The van der Waals surface area contributed by atoms with Crippen molar-refractivity contribution in [1.82, 2.24) is 0 Å². The van der Waals surface area contributed by atoms with E-state index in [1.165, 1.54) is 0 Å². The number of amides is 1. The first kappa shape index (κ1) is 18.4. The smallest absolute Gasteiger partial charge is 0.298 e. The van der Waals surface area contributed by atoms with Gasteiger partial charge in [0.15, 0.2) is 0 Å². The largest absolute Gasteiger partial charge is 0.456 e. The highest BCUT2D eigenvalue weighted by molar-refractivity contribution is 6.76. The molecule has 0 spiro atoms. The quantitative estimate of drug-likeness (QED) is 0.153. The molecule has 0 saturated carbocycles. The van der Waals surface area contributed by atoms with Gasteiger partial charge in [-0.25, -0.2) is 4.99 Å². The molecule has 5 aromatic rings. The standard InChI is InChI=1S/C23H12Cl3NO2/c24-23(25,26)22(28)27-21-17-11-14-6-1-2-7-15(14)12-19(17)29-18-10-9-13-5-3-4-8-16(13)20(18)21/h1-12H. The third-order valence-corrected chi connectivity index (χ3v) is 5.39. The Hall–Kier alpha value is -2.59. The monoisotopic (exact) mass is 439 g/mol. The second kappa shape index (κ2) is 6.74. The van der Waals surface area contributed by atoms with Gasteiger partial charge in [0.05, 0.1) is 10.7 Å². The number of hydrogen-bond donors (Lipinski definition) is 0. The first-order chi connectivity index (χ1) is 13.9. The summed E-state index contributed by atoms with van der Waals surface area (Å²) in [6, 6.07) is 23.4. The molecule has 6 heteroatoms. The molecule has 0 fully saturated rings. The van der Waals surface area contributed by atoms with Crippen molar-refractivity contribution < 1.29 is 9.21 Å². The maximum Gasteiger partial charge on any atom is 0.298 e. The fourth-order valence-electron chi connectivity index (χ4n) is 3.60. The first-order valence-electron chi connectivity index (χ1n) is 8.85. The molecule has 4 aromatic carbocycles. The van der Waals surface area contributed by atoms with Crippen molar-refractivity contribution in [2.45, 2.75) is 3.79 Å². The number of benzene rings is 4. The number of fused-ring (bicyclic) bond motifs is 5. The number of rotatable bonds is 0. The molecule has 0 N–H and O–H groups in total. The fraction of sp³-hybridized carbons (Fsp3) is 0.0435. The molecule has 0 atom stereocenters. The zero-order chi connectivity index (χ0) is 20.2. The van der Waals surface area contributed by atoms with E-state index in [1.807, 2.05) is 72.8 Å². The minimum absolute atomic E-state index is 0.431. The molecule has 0 aliphatic rings. The molecule has 3 nitrogen and oxygen atoms in total. The molecule has 1 aromatic heterocycles. The molecule has 0 aliphatic heterocycles. The van der Waals surface area contributed by atoms with Crippen molar-refractivity contribution in [2.75, 3.05) is 0 Å². The van der Waals surface area contributed by atoms with E-state index >= 15 is 0 Å². The molecule has 142 valence electrons. The van der Waals surface area contributed by atoms with Crippen LogP contribution in [0.25, 0.3) is 43.5 Å². The van der Waals surface area contributed by atoms with Gasteiger partial charge in [-0.15, -0.1) is 0 Å². The Labute approximate surface area is 180 Å². The maximum absolute atomic E-state index is 12.5. The van der Waals surface area contributed by atoms with Gasteiger partial charge in [0, 0.05) is 5.39 Å². The van der Waals surface area contributed by atoms with Crippen molar-refractivity contribution in [2.24, 2.45) is 4.99 Å². The molecule has 0 unspecified atom stereocenters. The molecule has 0 bridgehead atoms. The average Bonchev–Trinajstić information content (AvgIpc) is 2.71. The van der Waals surface area contributed by atoms with Crippen LogP contribution in [-0.2, 0) is 4.79 Å². The SMILES string of the molecule is O=C(N=c1c2cc3ccccc3cc2oc2ccc3ccccc3c12)C(Cl)(Cl)Cl. The molecule has 5 rings (SSSR count). The van der Waals surface area contributed by atoms with Gasteiger partial charge in [0.2, 0.25) is 0 Å². The Morgan fingerprint density at radius 3 is 2.14 bits per heavy atom. The summed E-state index contributed by atoms with van der Waals surface area (Å²) in [6.45, 7) is 0. The summed E-state index contributed by atoms with van der Waals surface area (Å²) in [6.07, 6.45) is 0. The number of alkyl halides is 3. The summed E-state index contributed by atoms with van der Waals surface area (Å²) in [5, 5.41) is 5.71. The van der Waals surface area contributed by atoms with Crippen LogP contribution >= 0.6 is 34.8 Å². The van der Waals surface area contributed by atoms with E-state index in [0.29, 0.717) is 27.3 Å². The number of carbonyl (C=O) groups excluding carboxylic acids is 1. The maximum atomic E-state index is 12.5. The predicted octanol–water partition coefficient (Wildman–Crippen LogP) is 6.69. The minimum atomic E-state index is -2.15. The Bertz CT molecular complexity index is 1510. The van der Waals surface area contributed by atoms with Crippen LogP contribution in [-0.4, -0.2) is 9.70 Å². The highest BCUT2D eigenvalue weighted by Gasteiger charge is 2.30. The van der Waals surface area contributed by atoms with Crippen LogP contribution in [0.1, 0.15) is 0 Å². The Morgan fingerprint density at radius 2 is 1.41 bits per heavy atom. The normalized spacial score (nSPS) is 13.0. The highest BCUT2D eigenvalue weighted by atomic mass is 35.6. The summed E-state index contributed by atoms with van der Waals surface area (Å²) >= 11 is 17.4. The van der Waals surface area contributed by atoms with E-state index in [0.717, 1.165) is 21.5 Å². The highest BCUT2D eigenvalue weighted by Crippen LogP contribution is 2.30. The summed E-state index contributed by atoms with van der Waals surface area (Å²) in [5.41, 5.74) is 1.20. The van der Waals surface area contributed by atoms with Gasteiger partial charge in [-0.1, -0.05) is 89.4 Å². The Kier molecular flexibility index (Phi) is 4.28. The van der Waals surface area contributed by atoms with Gasteiger partial charge in [0.25, 0.3) is 9.70 Å². The topological polar surface area (TPSA) is 42.6 Å². The minimum Gasteiger partial charge on any atom is -0.456 e. The molecular weight excluding hydrogens is 429 g/mol. The van der Waals surface area contributed by atoms with E-state index in [2.05, 4.69) is 4.99 Å². The van der Waals surface area contributed by atoms with Crippen molar-refractivity contribution in [3.63, 3.8) is 0 Å². The van der Waals surface area contributed by atoms with Crippen LogP contribution in [0.15, 0.2) is 82.2 Å². The summed E-state index contributed by atoms with van der Waals surface area (Å²) in [4.78, 5) is 16.8. The van der Waals surface area contributed by atoms with E-state index in [1.54, 1.807) is 0 Å². The Morgan fingerprint density at radius 1 is 0.759 bits per heavy atom. The third-order valence-electron chi connectivity index (χ3n) is 4.91. The second-order valence-corrected chi connectivity index (χ2v) is 9.00. The van der Waals surface area contributed by atoms with Crippen molar-refractivity contribution in [3.8, 4) is 0 Å². The lowest BCUT2D eigenvalue weighted by Crippen LogP contribution is -2.20. The summed E-state index contributed by atoms with van der Waals surface area (Å²) < 4.78 is 4.05. The molecule has 0 radical (unpaired) electrons. The van der Waals surface area contributed by atoms with Gasteiger partial charge in [-0.05, 0) is 39.7 Å². The van der Waals surface area contributed by atoms with Gasteiger partial charge >= 0.3 is 0 Å². The third kappa shape index (κ3) is 3.16. The number of nitrogens with zero attached hydrogens (tertiary/aromatic N) is 1. The molecule has 0 aliphatic carbocycles. The van der Waals surface area contributed by atoms with Crippen molar-refractivity contribution in [3.05, 3.63) is 78.2 Å². The van der Waals surface area contributed by atoms with Crippen LogP contribution in [0.3, 0.4) is 0 Å². The molecule has 1 amide bonds. The van der Waals surface area contributed by atoms with Gasteiger partial charge in [0.1, 0.15) is 11.2 Å². The Balaban J connectivity index is 2.05. The summed E-state index contributed by atoms with van der Waals surface area (Å²) in [5.74, 6) is -0.850. The second-order valence-electron chi connectivity index (χ2n) is 6.72. The van der Waals surface area contributed by atoms with Gasteiger partial charge in [-0.3, -0.25) is 4.79 Å². The fourth-order valence-corrected chi connectivity index (χ4v) is 3.73. The van der Waals surface area contributed by atoms with E-state index in [-0.39, 0.29) is 0 Å². The first-order valence-corrected chi connectivity index (χ1v) is 9.98. The number of carbonyl (C=O) groups is 1. The average molecular weight is 441 g/mol. The predicted molar refractivity (Wildman–Crippen MR) is 120 cm³/mol. The molecular formula is C23H12Cl3NO2. The van der Waals surface area contributed by atoms with Crippen LogP contribution in [0.2, 0.25) is 0 Å². The van der Waals surface area contributed by atoms with Crippen LogP contribution in [0, 0.1) is 0 Å². The number of halogens is 3. The van der Waals surface area contributed by atoms with E-state index in [9.17, 15) is 4.79 Å². The van der Waals surface area contributed by atoms with Crippen LogP contribution in [0.4, 0.5) is 0 Å². The lowest BCUT2D eigenvalue weighted by Gasteiger charge is -2.10. The van der Waals surface area contributed by atoms with E-state index in [4.69, 9.17) is 39.2 Å². The lowest BCUT2D eigenvalue weighted by atomic mass is 10.0. The van der Waals surface area contributed by atoms with Crippen molar-refractivity contribution >= 4 is 84.2 Å². The van der Waals surface area contributed by atoms with Crippen LogP contribution < -0.4 is 5.36 Å². The van der Waals surface area contributed by atoms with E-state index < -0.39 is 9.70 Å².